The van der Waals surface area contributed by atoms with E-state index in [0.29, 0.717) is 5.88 Å². The van der Waals surface area contributed by atoms with Crippen molar-refractivity contribution in [3.05, 3.63) is 40.7 Å². The number of benzene rings is 1. The molecule has 0 spiro atoms. The summed E-state index contributed by atoms with van der Waals surface area (Å²) in [6.45, 7) is 10.3. The number of nitrogens with one attached hydrogen (secondary N) is 1. The van der Waals surface area contributed by atoms with E-state index in [1.165, 1.54) is 5.56 Å². The van der Waals surface area contributed by atoms with Gasteiger partial charge in [0.1, 0.15) is 17.4 Å². The van der Waals surface area contributed by atoms with Gasteiger partial charge in [-0.1, -0.05) is 26.0 Å². The summed E-state index contributed by atoms with van der Waals surface area (Å²) in [4.78, 5) is 9.10. The van der Waals surface area contributed by atoms with Gasteiger partial charge in [-0.25, -0.2) is 4.98 Å². The van der Waals surface area contributed by atoms with Gasteiger partial charge in [-0.05, 0) is 38.0 Å². The van der Waals surface area contributed by atoms with E-state index in [0.717, 1.165) is 28.5 Å². The number of hydrogen-bond acceptors (Lipinski definition) is 4. The predicted molar refractivity (Wildman–Crippen MR) is 86.4 cm³/mol. The van der Waals surface area contributed by atoms with Crippen molar-refractivity contribution in [1.82, 2.24) is 9.97 Å². The second-order valence-corrected chi connectivity index (χ2v) is 5.57. The van der Waals surface area contributed by atoms with Gasteiger partial charge < -0.3 is 10.1 Å². The Balaban J connectivity index is 2.48. The van der Waals surface area contributed by atoms with Crippen molar-refractivity contribution in [3.8, 4) is 11.6 Å². The van der Waals surface area contributed by atoms with Crippen molar-refractivity contribution < 1.29 is 4.74 Å². The van der Waals surface area contributed by atoms with Crippen molar-refractivity contribution >= 4 is 5.82 Å². The van der Waals surface area contributed by atoms with Crippen LogP contribution in [0.1, 0.15) is 42.3 Å². The molecule has 0 aliphatic carbocycles. The number of aromatic nitrogens is 2. The fourth-order valence-electron chi connectivity index (χ4n) is 2.05. The van der Waals surface area contributed by atoms with Crippen LogP contribution in [0.3, 0.4) is 0 Å². The van der Waals surface area contributed by atoms with Gasteiger partial charge in [0.2, 0.25) is 5.88 Å². The smallest absolute Gasteiger partial charge is 0.227 e. The second-order valence-electron chi connectivity index (χ2n) is 5.57. The minimum Gasteiger partial charge on any atom is -0.438 e. The molecule has 0 saturated carbocycles. The molecule has 2 rings (SSSR count). The van der Waals surface area contributed by atoms with E-state index in [4.69, 9.17) is 4.74 Å². The van der Waals surface area contributed by atoms with Gasteiger partial charge in [0, 0.05) is 13.0 Å². The highest BCUT2D eigenvalue weighted by Gasteiger charge is 2.15. The highest BCUT2D eigenvalue weighted by molar-refractivity contribution is 5.50. The summed E-state index contributed by atoms with van der Waals surface area (Å²) < 4.78 is 6.06. The topological polar surface area (TPSA) is 47.0 Å². The standard InChI is InChI=1S/C17H23N3O/c1-10(2)15-19-16(18-6)13(5)17(20-15)21-14-9-7-8-11(3)12(14)4/h7-10H,1-6H3,(H,18,19,20). The number of ether oxygens (including phenoxy) is 1. The van der Waals surface area contributed by atoms with E-state index in [1.54, 1.807) is 0 Å². The van der Waals surface area contributed by atoms with Crippen LogP contribution >= 0.6 is 0 Å². The maximum Gasteiger partial charge on any atom is 0.227 e. The Kier molecular flexibility index (Phi) is 4.46. The van der Waals surface area contributed by atoms with Crippen LogP contribution in [0.5, 0.6) is 11.6 Å². The minimum atomic E-state index is 0.249. The molecule has 21 heavy (non-hydrogen) atoms. The monoisotopic (exact) mass is 285 g/mol. The summed E-state index contributed by atoms with van der Waals surface area (Å²) in [7, 11) is 1.86. The first kappa shape index (κ1) is 15.3. The van der Waals surface area contributed by atoms with Crippen molar-refractivity contribution in [3.63, 3.8) is 0 Å². The molecule has 0 aliphatic heterocycles. The number of anilines is 1. The van der Waals surface area contributed by atoms with Crippen LogP contribution in [0.4, 0.5) is 5.82 Å². The normalized spacial score (nSPS) is 10.8. The molecular formula is C17H23N3O. The Morgan fingerprint density at radius 3 is 2.38 bits per heavy atom. The molecule has 0 aliphatic rings. The maximum atomic E-state index is 6.06. The summed E-state index contributed by atoms with van der Waals surface area (Å²) in [5, 5.41) is 3.11. The van der Waals surface area contributed by atoms with Crippen LogP contribution in [-0.4, -0.2) is 17.0 Å². The lowest BCUT2D eigenvalue weighted by Crippen LogP contribution is -2.07. The van der Waals surface area contributed by atoms with Gasteiger partial charge in [-0.2, -0.15) is 4.98 Å². The highest BCUT2D eigenvalue weighted by atomic mass is 16.5. The first-order valence-electron chi connectivity index (χ1n) is 7.24. The zero-order chi connectivity index (χ0) is 15.6. The van der Waals surface area contributed by atoms with E-state index in [2.05, 4.69) is 49.0 Å². The maximum absolute atomic E-state index is 6.06. The van der Waals surface area contributed by atoms with Crippen molar-refractivity contribution in [2.75, 3.05) is 12.4 Å². The third-order valence-corrected chi connectivity index (χ3v) is 3.63. The Bertz CT molecular complexity index is 651. The lowest BCUT2D eigenvalue weighted by atomic mass is 10.1. The van der Waals surface area contributed by atoms with Crippen LogP contribution in [0.2, 0.25) is 0 Å². The molecule has 0 radical (unpaired) electrons. The van der Waals surface area contributed by atoms with Gasteiger partial charge in [0.25, 0.3) is 0 Å². The first-order valence-corrected chi connectivity index (χ1v) is 7.24. The van der Waals surface area contributed by atoms with Gasteiger partial charge >= 0.3 is 0 Å². The SMILES string of the molecule is CNc1nc(C(C)C)nc(Oc2cccc(C)c2C)c1C. The lowest BCUT2D eigenvalue weighted by molar-refractivity contribution is 0.449. The largest absolute Gasteiger partial charge is 0.438 e. The van der Waals surface area contributed by atoms with Crippen molar-refractivity contribution in [2.24, 2.45) is 0 Å². The fraction of sp³-hybridized carbons (Fsp3) is 0.412. The molecule has 4 nitrogen and oxygen atoms in total. The lowest BCUT2D eigenvalue weighted by Gasteiger charge is -2.15. The average Bonchev–Trinajstić information content (AvgIpc) is 2.45. The summed E-state index contributed by atoms with van der Waals surface area (Å²) in [6.07, 6.45) is 0. The summed E-state index contributed by atoms with van der Waals surface area (Å²) in [5.41, 5.74) is 3.26. The van der Waals surface area contributed by atoms with Gasteiger partial charge in [0.05, 0.1) is 5.56 Å². The third-order valence-electron chi connectivity index (χ3n) is 3.63. The van der Waals surface area contributed by atoms with E-state index in [-0.39, 0.29) is 5.92 Å². The first-order chi connectivity index (χ1) is 9.93. The van der Waals surface area contributed by atoms with Crippen LogP contribution in [-0.2, 0) is 0 Å². The van der Waals surface area contributed by atoms with Crippen LogP contribution in [0, 0.1) is 20.8 Å². The average molecular weight is 285 g/mol. The molecule has 0 fully saturated rings. The summed E-state index contributed by atoms with van der Waals surface area (Å²) >= 11 is 0. The molecule has 1 aromatic carbocycles. The zero-order valence-electron chi connectivity index (χ0n) is 13.6. The molecule has 0 bridgehead atoms. The molecule has 1 aromatic heterocycles. The van der Waals surface area contributed by atoms with E-state index < -0.39 is 0 Å². The molecule has 0 unspecified atom stereocenters. The Labute approximate surface area is 126 Å². The van der Waals surface area contributed by atoms with Crippen molar-refractivity contribution in [2.45, 2.75) is 40.5 Å². The van der Waals surface area contributed by atoms with E-state index in [1.807, 2.05) is 26.1 Å². The Hall–Kier alpha value is -2.10. The minimum absolute atomic E-state index is 0.249. The highest BCUT2D eigenvalue weighted by Crippen LogP contribution is 2.31. The van der Waals surface area contributed by atoms with Crippen LogP contribution in [0.25, 0.3) is 0 Å². The molecule has 0 saturated heterocycles. The molecule has 1 heterocycles. The molecule has 2 aromatic rings. The quantitative estimate of drug-likeness (QED) is 0.906. The predicted octanol–water partition coefficient (Wildman–Crippen LogP) is 4.36. The fourth-order valence-corrected chi connectivity index (χ4v) is 2.05. The number of rotatable bonds is 4. The number of hydrogen-bond donors (Lipinski definition) is 1. The van der Waals surface area contributed by atoms with Gasteiger partial charge in [-0.3, -0.25) is 0 Å². The zero-order valence-corrected chi connectivity index (χ0v) is 13.6. The molecule has 0 amide bonds. The number of nitrogens with zero attached hydrogens (tertiary/aromatic N) is 2. The van der Waals surface area contributed by atoms with Crippen LogP contribution in [0.15, 0.2) is 18.2 Å². The van der Waals surface area contributed by atoms with Crippen LogP contribution < -0.4 is 10.1 Å². The Morgan fingerprint density at radius 2 is 1.76 bits per heavy atom. The van der Waals surface area contributed by atoms with Gasteiger partial charge in [0.15, 0.2) is 0 Å². The van der Waals surface area contributed by atoms with E-state index in [9.17, 15) is 0 Å². The Morgan fingerprint density at radius 1 is 1.05 bits per heavy atom. The molecule has 1 N–H and O–H groups in total. The summed E-state index contributed by atoms with van der Waals surface area (Å²) in [6, 6.07) is 6.04. The summed E-state index contributed by atoms with van der Waals surface area (Å²) in [5.74, 6) is 3.30. The van der Waals surface area contributed by atoms with E-state index >= 15 is 0 Å². The third kappa shape index (κ3) is 3.15. The van der Waals surface area contributed by atoms with Crippen molar-refractivity contribution in [1.29, 1.82) is 0 Å². The molecule has 4 heteroatoms. The second kappa shape index (κ2) is 6.12. The number of aryl methyl sites for hydroxylation is 1. The molecule has 112 valence electrons. The van der Waals surface area contributed by atoms with Gasteiger partial charge in [-0.15, -0.1) is 0 Å². The molecular weight excluding hydrogens is 262 g/mol. The molecule has 0 atom stereocenters.